The average Bonchev–Trinajstić information content (AvgIpc) is 2.91. The van der Waals surface area contributed by atoms with Crippen molar-refractivity contribution in [1.82, 2.24) is 10.3 Å². The minimum Gasteiger partial charge on any atom is -0.491 e. The Morgan fingerprint density at radius 1 is 1.23 bits per heavy atom. The van der Waals surface area contributed by atoms with Gasteiger partial charge in [0.05, 0.1) is 17.2 Å². The van der Waals surface area contributed by atoms with Crippen LogP contribution in [-0.4, -0.2) is 22.7 Å². The van der Waals surface area contributed by atoms with Crippen LogP contribution < -0.4 is 10.1 Å². The Labute approximate surface area is 136 Å². The number of rotatable bonds is 7. The summed E-state index contributed by atoms with van der Waals surface area (Å²) < 4.78 is 5.60. The quantitative estimate of drug-likeness (QED) is 0.818. The van der Waals surface area contributed by atoms with Gasteiger partial charge in [-0.1, -0.05) is 12.1 Å². The van der Waals surface area contributed by atoms with E-state index in [2.05, 4.69) is 17.2 Å². The van der Waals surface area contributed by atoms with Gasteiger partial charge in [0.1, 0.15) is 5.75 Å². The van der Waals surface area contributed by atoms with Gasteiger partial charge in [-0.2, -0.15) is 0 Å². The molecule has 2 rings (SSSR count). The van der Waals surface area contributed by atoms with Crippen molar-refractivity contribution in [2.24, 2.45) is 0 Å². The summed E-state index contributed by atoms with van der Waals surface area (Å²) in [7, 11) is 0. The van der Waals surface area contributed by atoms with Crippen LogP contribution in [0.3, 0.4) is 0 Å². The molecule has 120 valence electrons. The molecule has 0 fully saturated rings. The highest BCUT2D eigenvalue weighted by Gasteiger charge is 2.12. The predicted molar refractivity (Wildman–Crippen MR) is 90.4 cm³/mol. The number of benzene rings is 1. The predicted octanol–water partition coefficient (Wildman–Crippen LogP) is 3.62. The summed E-state index contributed by atoms with van der Waals surface area (Å²) >= 11 is 1.68. The Kier molecular flexibility index (Phi) is 5.94. The fourth-order valence-electron chi connectivity index (χ4n) is 2.13. The molecule has 0 radical (unpaired) electrons. The SMILES string of the molecule is Cc1ncc(C(C)NCC(O)c2ccc(OC(C)C)cc2)s1. The second kappa shape index (κ2) is 7.72. The number of aliphatic hydroxyl groups is 1. The number of ether oxygens (including phenoxy) is 1. The summed E-state index contributed by atoms with van der Waals surface area (Å²) in [6.07, 6.45) is 1.51. The number of nitrogens with one attached hydrogen (secondary N) is 1. The molecule has 0 bridgehead atoms. The van der Waals surface area contributed by atoms with Crippen LogP contribution in [0.4, 0.5) is 0 Å². The van der Waals surface area contributed by atoms with E-state index in [0.29, 0.717) is 6.54 Å². The van der Waals surface area contributed by atoms with E-state index in [0.717, 1.165) is 16.3 Å². The Bertz CT molecular complexity index is 581. The molecule has 0 spiro atoms. The molecule has 0 aliphatic carbocycles. The molecule has 22 heavy (non-hydrogen) atoms. The van der Waals surface area contributed by atoms with E-state index in [1.165, 1.54) is 4.88 Å². The molecule has 0 saturated carbocycles. The highest BCUT2D eigenvalue weighted by atomic mass is 32.1. The van der Waals surface area contributed by atoms with Crippen LogP contribution in [-0.2, 0) is 0 Å². The van der Waals surface area contributed by atoms with E-state index in [9.17, 15) is 5.11 Å². The maximum absolute atomic E-state index is 10.3. The highest BCUT2D eigenvalue weighted by Crippen LogP contribution is 2.22. The second-order valence-electron chi connectivity index (χ2n) is 5.66. The Morgan fingerprint density at radius 2 is 1.91 bits per heavy atom. The zero-order chi connectivity index (χ0) is 16.1. The van der Waals surface area contributed by atoms with Gasteiger partial charge in [0, 0.05) is 23.7 Å². The molecule has 1 aromatic carbocycles. The molecule has 2 aromatic rings. The summed E-state index contributed by atoms with van der Waals surface area (Å²) in [5, 5.41) is 14.7. The third kappa shape index (κ3) is 4.80. The van der Waals surface area contributed by atoms with Gasteiger partial charge in [-0.15, -0.1) is 11.3 Å². The van der Waals surface area contributed by atoms with Crippen LogP contribution in [0.15, 0.2) is 30.5 Å². The maximum atomic E-state index is 10.3. The van der Waals surface area contributed by atoms with E-state index >= 15 is 0 Å². The molecule has 0 amide bonds. The van der Waals surface area contributed by atoms with E-state index in [1.54, 1.807) is 11.3 Å². The first kappa shape index (κ1) is 16.9. The van der Waals surface area contributed by atoms with E-state index in [1.807, 2.05) is 51.2 Å². The third-order valence-corrected chi connectivity index (χ3v) is 4.42. The van der Waals surface area contributed by atoms with Gasteiger partial charge in [-0.25, -0.2) is 4.98 Å². The molecule has 2 N–H and O–H groups in total. The summed E-state index contributed by atoms with van der Waals surface area (Å²) in [6.45, 7) is 8.57. The van der Waals surface area contributed by atoms with Crippen LogP contribution in [0.1, 0.15) is 48.4 Å². The number of aliphatic hydroxyl groups excluding tert-OH is 1. The summed E-state index contributed by atoms with van der Waals surface area (Å²) in [6, 6.07) is 7.80. The lowest BCUT2D eigenvalue weighted by Gasteiger charge is -2.17. The Hall–Kier alpha value is -1.43. The van der Waals surface area contributed by atoms with E-state index < -0.39 is 6.10 Å². The first-order chi connectivity index (χ1) is 10.5. The zero-order valence-electron chi connectivity index (χ0n) is 13.5. The van der Waals surface area contributed by atoms with Crippen LogP contribution in [0.25, 0.3) is 0 Å². The van der Waals surface area contributed by atoms with Gasteiger partial charge in [-0.3, -0.25) is 0 Å². The van der Waals surface area contributed by atoms with Gasteiger partial charge in [0.25, 0.3) is 0 Å². The van der Waals surface area contributed by atoms with Gasteiger partial charge >= 0.3 is 0 Å². The molecule has 4 nitrogen and oxygen atoms in total. The Balaban J connectivity index is 1.87. The smallest absolute Gasteiger partial charge is 0.119 e. The van der Waals surface area contributed by atoms with Crippen molar-refractivity contribution in [3.8, 4) is 5.75 Å². The lowest BCUT2D eigenvalue weighted by molar-refractivity contribution is 0.170. The zero-order valence-corrected chi connectivity index (χ0v) is 14.4. The van der Waals surface area contributed by atoms with Crippen LogP contribution >= 0.6 is 11.3 Å². The average molecular weight is 320 g/mol. The summed E-state index contributed by atoms with van der Waals surface area (Å²) in [5.74, 6) is 0.826. The first-order valence-corrected chi connectivity index (χ1v) is 8.37. The van der Waals surface area contributed by atoms with Crippen molar-refractivity contribution in [3.05, 3.63) is 45.9 Å². The second-order valence-corrected chi connectivity index (χ2v) is 6.93. The molecule has 5 heteroatoms. The highest BCUT2D eigenvalue weighted by molar-refractivity contribution is 7.11. The van der Waals surface area contributed by atoms with Crippen molar-refractivity contribution < 1.29 is 9.84 Å². The number of hydrogen-bond acceptors (Lipinski definition) is 5. The van der Waals surface area contributed by atoms with Crippen LogP contribution in [0.5, 0.6) is 5.75 Å². The van der Waals surface area contributed by atoms with Gasteiger partial charge in [-0.05, 0) is 45.4 Å². The fraction of sp³-hybridized carbons (Fsp3) is 0.471. The van der Waals surface area contributed by atoms with Gasteiger partial charge in [0.2, 0.25) is 0 Å². The lowest BCUT2D eigenvalue weighted by atomic mass is 10.1. The van der Waals surface area contributed by atoms with E-state index in [4.69, 9.17) is 4.74 Å². The number of aryl methyl sites for hydroxylation is 1. The van der Waals surface area contributed by atoms with Crippen molar-refractivity contribution in [1.29, 1.82) is 0 Å². The van der Waals surface area contributed by atoms with Gasteiger partial charge < -0.3 is 15.2 Å². The van der Waals surface area contributed by atoms with Gasteiger partial charge in [0.15, 0.2) is 0 Å². The number of aromatic nitrogens is 1. The largest absolute Gasteiger partial charge is 0.491 e. The monoisotopic (exact) mass is 320 g/mol. The fourth-order valence-corrected chi connectivity index (χ4v) is 2.94. The summed E-state index contributed by atoms with van der Waals surface area (Å²) in [4.78, 5) is 5.44. The normalized spacial score (nSPS) is 14.1. The molecule has 2 atom stereocenters. The molecule has 1 aromatic heterocycles. The molecule has 0 aliphatic heterocycles. The van der Waals surface area contributed by atoms with Crippen molar-refractivity contribution in [2.45, 2.75) is 45.9 Å². The minimum atomic E-state index is -0.537. The van der Waals surface area contributed by atoms with Crippen LogP contribution in [0, 0.1) is 6.92 Å². The maximum Gasteiger partial charge on any atom is 0.119 e. The topological polar surface area (TPSA) is 54.4 Å². The van der Waals surface area contributed by atoms with Crippen molar-refractivity contribution >= 4 is 11.3 Å². The number of hydrogen-bond donors (Lipinski definition) is 2. The van der Waals surface area contributed by atoms with Crippen molar-refractivity contribution in [3.63, 3.8) is 0 Å². The van der Waals surface area contributed by atoms with Crippen molar-refractivity contribution in [2.75, 3.05) is 6.54 Å². The molecule has 0 saturated heterocycles. The van der Waals surface area contributed by atoms with E-state index in [-0.39, 0.29) is 12.1 Å². The molecule has 0 aliphatic rings. The standard InChI is InChI=1S/C17H24N2O2S/c1-11(2)21-15-7-5-14(6-8-15)16(20)9-18-12(3)17-10-19-13(4)22-17/h5-8,10-12,16,18,20H,9H2,1-4H3. The minimum absolute atomic E-state index is 0.154. The Morgan fingerprint density at radius 3 is 2.45 bits per heavy atom. The molecular formula is C17H24N2O2S. The number of thiazole rings is 1. The summed E-state index contributed by atoms with van der Waals surface area (Å²) in [5.41, 5.74) is 0.885. The lowest BCUT2D eigenvalue weighted by Crippen LogP contribution is -2.24. The number of nitrogens with zero attached hydrogens (tertiary/aromatic N) is 1. The molecular weight excluding hydrogens is 296 g/mol. The molecule has 1 heterocycles. The van der Waals surface area contributed by atoms with Crippen LogP contribution in [0.2, 0.25) is 0 Å². The third-order valence-electron chi connectivity index (χ3n) is 3.32. The first-order valence-electron chi connectivity index (χ1n) is 7.56. The molecule has 2 unspecified atom stereocenters.